The highest BCUT2D eigenvalue weighted by Crippen LogP contribution is 2.34. The monoisotopic (exact) mass is 301 g/mol. The standard InChI is InChI=1S/C15H28ClN3O/c1-7-9-17-14(15(5,6)20-8-2)13-12(16)10-18-19(13)11(3)4/h10-11,14,17H,7-9H2,1-6H3. The summed E-state index contributed by atoms with van der Waals surface area (Å²) in [4.78, 5) is 0. The van der Waals surface area contributed by atoms with Gasteiger partial charge in [-0.3, -0.25) is 4.68 Å². The number of halogens is 1. The Bertz CT molecular complexity index is 415. The lowest BCUT2D eigenvalue weighted by molar-refractivity contribution is -0.0413. The van der Waals surface area contributed by atoms with Gasteiger partial charge in [0, 0.05) is 12.6 Å². The molecule has 4 nitrogen and oxygen atoms in total. The fraction of sp³-hybridized carbons (Fsp3) is 0.800. The van der Waals surface area contributed by atoms with E-state index >= 15 is 0 Å². The molecule has 0 aliphatic carbocycles. The highest BCUT2D eigenvalue weighted by Gasteiger charge is 2.35. The van der Waals surface area contributed by atoms with Crippen LogP contribution in [0.5, 0.6) is 0 Å². The summed E-state index contributed by atoms with van der Waals surface area (Å²) < 4.78 is 7.92. The Morgan fingerprint density at radius 1 is 1.40 bits per heavy atom. The van der Waals surface area contributed by atoms with Crippen LogP contribution < -0.4 is 5.32 Å². The lowest BCUT2D eigenvalue weighted by Gasteiger charge is -2.36. The number of nitrogens with zero attached hydrogens (tertiary/aromatic N) is 2. The van der Waals surface area contributed by atoms with E-state index in [4.69, 9.17) is 16.3 Å². The van der Waals surface area contributed by atoms with Crippen molar-refractivity contribution in [3.05, 3.63) is 16.9 Å². The zero-order valence-electron chi connectivity index (χ0n) is 13.5. The second-order valence-electron chi connectivity index (χ2n) is 5.84. The number of ether oxygens (including phenoxy) is 1. The summed E-state index contributed by atoms with van der Waals surface area (Å²) in [5, 5.41) is 8.66. The maximum Gasteiger partial charge on any atom is 0.0836 e. The van der Waals surface area contributed by atoms with Gasteiger partial charge in [0.2, 0.25) is 0 Å². The summed E-state index contributed by atoms with van der Waals surface area (Å²) in [5.41, 5.74) is 0.661. The highest BCUT2D eigenvalue weighted by atomic mass is 35.5. The summed E-state index contributed by atoms with van der Waals surface area (Å²) in [7, 11) is 0. The summed E-state index contributed by atoms with van der Waals surface area (Å²) in [5.74, 6) is 0. The smallest absolute Gasteiger partial charge is 0.0836 e. The van der Waals surface area contributed by atoms with Crippen LogP contribution >= 0.6 is 11.6 Å². The largest absolute Gasteiger partial charge is 0.374 e. The van der Waals surface area contributed by atoms with Gasteiger partial charge in [-0.15, -0.1) is 0 Å². The van der Waals surface area contributed by atoms with Crippen LogP contribution in [0, 0.1) is 0 Å². The van der Waals surface area contributed by atoms with Crippen molar-refractivity contribution >= 4 is 11.6 Å². The Labute approximate surface area is 127 Å². The third-order valence-corrected chi connectivity index (χ3v) is 3.65. The van der Waals surface area contributed by atoms with Crippen LogP contribution in [0.15, 0.2) is 6.20 Å². The number of nitrogens with one attached hydrogen (secondary N) is 1. The number of hydrogen-bond acceptors (Lipinski definition) is 3. The molecule has 0 radical (unpaired) electrons. The third-order valence-electron chi connectivity index (χ3n) is 3.36. The average Bonchev–Trinajstić information content (AvgIpc) is 2.72. The number of aromatic nitrogens is 2. The van der Waals surface area contributed by atoms with Crippen molar-refractivity contribution in [3.63, 3.8) is 0 Å². The molecule has 1 unspecified atom stereocenters. The van der Waals surface area contributed by atoms with Crippen LogP contribution in [0.3, 0.4) is 0 Å². The van der Waals surface area contributed by atoms with Gasteiger partial charge in [0.05, 0.1) is 28.6 Å². The molecule has 1 aromatic heterocycles. The topological polar surface area (TPSA) is 39.1 Å². The van der Waals surface area contributed by atoms with E-state index in [2.05, 4.69) is 45.0 Å². The maximum absolute atomic E-state index is 6.39. The molecule has 5 heteroatoms. The summed E-state index contributed by atoms with van der Waals surface area (Å²) in [6.45, 7) is 14.2. The van der Waals surface area contributed by atoms with E-state index in [0.717, 1.165) is 18.7 Å². The molecular formula is C15H28ClN3O. The highest BCUT2D eigenvalue weighted by molar-refractivity contribution is 6.31. The maximum atomic E-state index is 6.39. The fourth-order valence-corrected chi connectivity index (χ4v) is 2.69. The summed E-state index contributed by atoms with van der Waals surface area (Å²) >= 11 is 6.39. The molecule has 1 aromatic rings. The van der Waals surface area contributed by atoms with Gasteiger partial charge >= 0.3 is 0 Å². The van der Waals surface area contributed by atoms with Crippen molar-refractivity contribution in [2.45, 2.75) is 65.6 Å². The minimum absolute atomic E-state index is 0.0137. The molecule has 0 saturated heterocycles. The first-order chi connectivity index (χ1) is 9.35. The van der Waals surface area contributed by atoms with Crippen molar-refractivity contribution in [2.75, 3.05) is 13.2 Å². The molecule has 20 heavy (non-hydrogen) atoms. The number of rotatable bonds is 8. The predicted molar refractivity (Wildman–Crippen MR) is 84.4 cm³/mol. The molecule has 0 fully saturated rings. The summed E-state index contributed by atoms with van der Waals surface area (Å²) in [6.07, 6.45) is 2.78. The lowest BCUT2D eigenvalue weighted by atomic mass is 9.94. The van der Waals surface area contributed by atoms with Crippen molar-refractivity contribution in [1.29, 1.82) is 0 Å². The van der Waals surface area contributed by atoms with Gasteiger partial charge in [0.15, 0.2) is 0 Å². The Morgan fingerprint density at radius 2 is 2.05 bits per heavy atom. The first-order valence-electron chi connectivity index (χ1n) is 7.45. The van der Waals surface area contributed by atoms with Crippen LogP contribution in [0.25, 0.3) is 0 Å². The Balaban J connectivity index is 3.20. The molecule has 1 rings (SSSR count). The van der Waals surface area contributed by atoms with Crippen molar-refractivity contribution in [3.8, 4) is 0 Å². The molecule has 0 amide bonds. The average molecular weight is 302 g/mol. The van der Waals surface area contributed by atoms with Crippen LogP contribution in [0.4, 0.5) is 0 Å². The van der Waals surface area contributed by atoms with Gasteiger partial charge in [0.1, 0.15) is 0 Å². The van der Waals surface area contributed by atoms with Crippen molar-refractivity contribution < 1.29 is 4.74 Å². The molecule has 1 N–H and O–H groups in total. The summed E-state index contributed by atoms with van der Waals surface area (Å²) in [6, 6.07) is 0.278. The number of hydrogen-bond donors (Lipinski definition) is 1. The molecule has 0 spiro atoms. The van der Waals surface area contributed by atoms with Crippen LogP contribution in [-0.4, -0.2) is 28.5 Å². The molecule has 0 aliphatic heterocycles. The second kappa shape index (κ2) is 7.43. The second-order valence-corrected chi connectivity index (χ2v) is 6.25. The first kappa shape index (κ1) is 17.5. The lowest BCUT2D eigenvalue weighted by Crippen LogP contribution is -2.43. The van der Waals surface area contributed by atoms with E-state index in [1.165, 1.54) is 0 Å². The molecule has 0 bridgehead atoms. The van der Waals surface area contributed by atoms with Gasteiger partial charge in [-0.05, 0) is 47.6 Å². The quantitative estimate of drug-likeness (QED) is 0.789. The van der Waals surface area contributed by atoms with Crippen molar-refractivity contribution in [2.24, 2.45) is 0 Å². The molecule has 0 saturated carbocycles. The first-order valence-corrected chi connectivity index (χ1v) is 7.83. The van der Waals surface area contributed by atoms with Crippen LogP contribution in [0.2, 0.25) is 5.02 Å². The molecule has 0 aliphatic rings. The normalized spacial score (nSPS) is 14.0. The Hall–Kier alpha value is -0.580. The molecule has 0 aromatic carbocycles. The van der Waals surface area contributed by atoms with Gasteiger partial charge in [-0.25, -0.2) is 0 Å². The van der Waals surface area contributed by atoms with E-state index in [9.17, 15) is 0 Å². The van der Waals surface area contributed by atoms with E-state index in [0.29, 0.717) is 11.6 Å². The van der Waals surface area contributed by atoms with Gasteiger partial charge < -0.3 is 10.1 Å². The fourth-order valence-electron chi connectivity index (χ4n) is 2.45. The van der Waals surface area contributed by atoms with Crippen molar-refractivity contribution in [1.82, 2.24) is 15.1 Å². The van der Waals surface area contributed by atoms with Crippen LogP contribution in [-0.2, 0) is 4.74 Å². The van der Waals surface area contributed by atoms with E-state index < -0.39 is 0 Å². The minimum atomic E-state index is -0.347. The minimum Gasteiger partial charge on any atom is -0.374 e. The van der Waals surface area contributed by atoms with E-state index in [-0.39, 0.29) is 17.7 Å². The molecule has 116 valence electrons. The van der Waals surface area contributed by atoms with Gasteiger partial charge in [-0.1, -0.05) is 18.5 Å². The van der Waals surface area contributed by atoms with Gasteiger partial charge in [-0.2, -0.15) is 5.10 Å². The molecule has 1 heterocycles. The Morgan fingerprint density at radius 3 is 2.55 bits per heavy atom. The Kier molecular flexibility index (Phi) is 6.49. The third kappa shape index (κ3) is 3.96. The van der Waals surface area contributed by atoms with Crippen LogP contribution in [0.1, 0.15) is 65.7 Å². The van der Waals surface area contributed by atoms with E-state index in [1.54, 1.807) is 6.20 Å². The zero-order chi connectivity index (χ0) is 15.3. The van der Waals surface area contributed by atoms with Gasteiger partial charge in [0.25, 0.3) is 0 Å². The zero-order valence-corrected chi connectivity index (χ0v) is 14.3. The molecule has 1 atom stereocenters. The van der Waals surface area contributed by atoms with E-state index in [1.807, 2.05) is 11.6 Å². The predicted octanol–water partition coefficient (Wildman–Crippen LogP) is 3.97. The SMILES string of the molecule is CCCNC(c1c(Cl)cnn1C(C)C)C(C)(C)OCC. The molecular weight excluding hydrogens is 274 g/mol.